The molecule has 0 radical (unpaired) electrons. The normalized spacial score (nSPS) is 11.1. The fourth-order valence-electron chi connectivity index (χ4n) is 1.40. The lowest BCUT2D eigenvalue weighted by Gasteiger charge is -2.20. The SMILES string of the molecule is C#CCCOc1cc(F)cc(CNC(C)(C)C)c1. The van der Waals surface area contributed by atoms with E-state index in [0.717, 1.165) is 5.56 Å². The maximum absolute atomic E-state index is 13.4. The van der Waals surface area contributed by atoms with Crippen LogP contribution in [0.25, 0.3) is 0 Å². The smallest absolute Gasteiger partial charge is 0.127 e. The summed E-state index contributed by atoms with van der Waals surface area (Å²) < 4.78 is 18.8. The van der Waals surface area contributed by atoms with Gasteiger partial charge in [0.05, 0.1) is 6.61 Å². The van der Waals surface area contributed by atoms with Crippen molar-refractivity contribution in [2.24, 2.45) is 0 Å². The number of halogens is 1. The van der Waals surface area contributed by atoms with Crippen LogP contribution in [-0.2, 0) is 6.54 Å². The van der Waals surface area contributed by atoms with Crippen LogP contribution < -0.4 is 10.1 Å². The molecule has 0 fully saturated rings. The highest BCUT2D eigenvalue weighted by molar-refractivity contribution is 5.29. The van der Waals surface area contributed by atoms with Crippen molar-refractivity contribution in [3.05, 3.63) is 29.6 Å². The molecule has 0 bridgehead atoms. The third kappa shape index (κ3) is 5.70. The van der Waals surface area contributed by atoms with Crippen LogP contribution in [0.2, 0.25) is 0 Å². The fraction of sp³-hybridized carbons (Fsp3) is 0.467. The number of rotatable bonds is 5. The lowest BCUT2D eigenvalue weighted by atomic mass is 10.1. The van der Waals surface area contributed by atoms with Crippen LogP contribution in [0.3, 0.4) is 0 Å². The molecule has 98 valence electrons. The molecule has 18 heavy (non-hydrogen) atoms. The van der Waals surface area contributed by atoms with Gasteiger partial charge in [-0.05, 0) is 38.5 Å². The summed E-state index contributed by atoms with van der Waals surface area (Å²) >= 11 is 0. The zero-order valence-electron chi connectivity index (χ0n) is 11.2. The first-order valence-corrected chi connectivity index (χ1v) is 6.01. The Kier molecular flexibility index (Phi) is 5.18. The third-order valence-corrected chi connectivity index (χ3v) is 2.27. The van der Waals surface area contributed by atoms with Gasteiger partial charge >= 0.3 is 0 Å². The monoisotopic (exact) mass is 249 g/mol. The lowest BCUT2D eigenvalue weighted by molar-refractivity contribution is 0.324. The van der Waals surface area contributed by atoms with E-state index in [1.807, 2.05) is 6.07 Å². The summed E-state index contributed by atoms with van der Waals surface area (Å²) in [5, 5.41) is 3.31. The Bertz CT molecular complexity index is 429. The molecular weight excluding hydrogens is 229 g/mol. The van der Waals surface area contributed by atoms with Gasteiger partial charge in [-0.1, -0.05) is 0 Å². The molecule has 0 saturated heterocycles. The second kappa shape index (κ2) is 6.42. The number of hydrogen-bond donors (Lipinski definition) is 1. The van der Waals surface area contributed by atoms with Crippen molar-refractivity contribution in [2.75, 3.05) is 6.61 Å². The zero-order chi connectivity index (χ0) is 13.6. The molecular formula is C15H20FNO. The third-order valence-electron chi connectivity index (χ3n) is 2.27. The van der Waals surface area contributed by atoms with Gasteiger partial charge in [0.15, 0.2) is 0 Å². The maximum atomic E-state index is 13.4. The average Bonchev–Trinajstić information content (AvgIpc) is 2.25. The molecule has 1 aromatic carbocycles. The summed E-state index contributed by atoms with van der Waals surface area (Å²) in [5.74, 6) is 2.71. The Hall–Kier alpha value is -1.53. The molecule has 2 nitrogen and oxygen atoms in total. The zero-order valence-corrected chi connectivity index (χ0v) is 11.2. The Morgan fingerprint density at radius 3 is 2.67 bits per heavy atom. The van der Waals surface area contributed by atoms with Crippen LogP contribution >= 0.6 is 0 Å². The van der Waals surface area contributed by atoms with Gasteiger partial charge in [-0.2, -0.15) is 0 Å². The lowest BCUT2D eigenvalue weighted by Crippen LogP contribution is -2.35. The van der Waals surface area contributed by atoms with Gasteiger partial charge in [-0.3, -0.25) is 0 Å². The van der Waals surface area contributed by atoms with E-state index in [2.05, 4.69) is 32.0 Å². The molecule has 0 unspecified atom stereocenters. The first kappa shape index (κ1) is 14.5. The Balaban J connectivity index is 2.66. The van der Waals surface area contributed by atoms with Crippen LogP contribution in [0.5, 0.6) is 5.75 Å². The van der Waals surface area contributed by atoms with E-state index in [4.69, 9.17) is 11.2 Å². The van der Waals surface area contributed by atoms with Gasteiger partial charge in [0, 0.05) is 24.6 Å². The minimum atomic E-state index is -0.293. The van der Waals surface area contributed by atoms with E-state index in [1.54, 1.807) is 0 Å². The molecule has 1 rings (SSSR count). The summed E-state index contributed by atoms with van der Waals surface area (Å²) in [4.78, 5) is 0. The summed E-state index contributed by atoms with van der Waals surface area (Å²) in [6.07, 6.45) is 5.65. The van der Waals surface area contributed by atoms with Gasteiger partial charge in [0.1, 0.15) is 11.6 Å². The molecule has 0 aliphatic rings. The molecule has 0 aliphatic heterocycles. The van der Waals surface area contributed by atoms with Crippen molar-refractivity contribution in [3.63, 3.8) is 0 Å². The van der Waals surface area contributed by atoms with E-state index >= 15 is 0 Å². The van der Waals surface area contributed by atoms with Crippen molar-refractivity contribution in [2.45, 2.75) is 39.3 Å². The molecule has 0 atom stereocenters. The van der Waals surface area contributed by atoms with Crippen LogP contribution in [0, 0.1) is 18.2 Å². The van der Waals surface area contributed by atoms with Crippen molar-refractivity contribution < 1.29 is 9.13 Å². The number of ether oxygens (including phenoxy) is 1. The second-order valence-electron chi connectivity index (χ2n) is 5.20. The van der Waals surface area contributed by atoms with Crippen molar-refractivity contribution in [1.82, 2.24) is 5.32 Å². The molecule has 0 aliphatic carbocycles. The highest BCUT2D eigenvalue weighted by atomic mass is 19.1. The van der Waals surface area contributed by atoms with Gasteiger partial charge in [0.2, 0.25) is 0 Å². The molecule has 0 saturated carbocycles. The van der Waals surface area contributed by atoms with Crippen LogP contribution in [0.1, 0.15) is 32.8 Å². The summed E-state index contributed by atoms with van der Waals surface area (Å²) in [5.41, 5.74) is 0.859. The number of benzene rings is 1. The number of nitrogens with one attached hydrogen (secondary N) is 1. The minimum Gasteiger partial charge on any atom is -0.492 e. The Morgan fingerprint density at radius 2 is 2.06 bits per heavy atom. The maximum Gasteiger partial charge on any atom is 0.127 e. The first-order valence-electron chi connectivity index (χ1n) is 6.01. The van der Waals surface area contributed by atoms with E-state index in [0.29, 0.717) is 25.3 Å². The van der Waals surface area contributed by atoms with Crippen molar-refractivity contribution in [3.8, 4) is 18.1 Å². The summed E-state index contributed by atoms with van der Waals surface area (Å²) in [6, 6.07) is 4.71. The standard InChI is InChI=1S/C15H20FNO/c1-5-6-7-18-14-9-12(8-13(16)10-14)11-17-15(2,3)4/h1,8-10,17H,6-7,11H2,2-4H3. The van der Waals surface area contributed by atoms with Crippen molar-refractivity contribution in [1.29, 1.82) is 0 Å². The van der Waals surface area contributed by atoms with Gasteiger partial charge < -0.3 is 10.1 Å². The van der Waals surface area contributed by atoms with E-state index in [1.165, 1.54) is 12.1 Å². The van der Waals surface area contributed by atoms with E-state index in [9.17, 15) is 4.39 Å². The van der Waals surface area contributed by atoms with Crippen LogP contribution in [0.15, 0.2) is 18.2 Å². The van der Waals surface area contributed by atoms with Crippen LogP contribution in [-0.4, -0.2) is 12.1 Å². The average molecular weight is 249 g/mol. The molecule has 0 spiro atoms. The Morgan fingerprint density at radius 1 is 1.33 bits per heavy atom. The van der Waals surface area contributed by atoms with Gasteiger partial charge in [-0.25, -0.2) is 4.39 Å². The molecule has 0 amide bonds. The first-order chi connectivity index (χ1) is 8.40. The second-order valence-corrected chi connectivity index (χ2v) is 5.20. The van der Waals surface area contributed by atoms with E-state index < -0.39 is 0 Å². The molecule has 1 aromatic rings. The van der Waals surface area contributed by atoms with Gasteiger partial charge in [0.25, 0.3) is 0 Å². The van der Waals surface area contributed by atoms with Crippen LogP contribution in [0.4, 0.5) is 4.39 Å². The molecule has 1 N–H and O–H groups in total. The number of hydrogen-bond acceptors (Lipinski definition) is 2. The van der Waals surface area contributed by atoms with E-state index in [-0.39, 0.29) is 11.4 Å². The fourth-order valence-corrected chi connectivity index (χ4v) is 1.40. The highest BCUT2D eigenvalue weighted by Gasteiger charge is 2.09. The highest BCUT2D eigenvalue weighted by Crippen LogP contribution is 2.17. The molecule has 3 heteroatoms. The molecule has 0 aromatic heterocycles. The Labute approximate surface area is 109 Å². The largest absolute Gasteiger partial charge is 0.492 e. The quantitative estimate of drug-likeness (QED) is 0.639. The number of terminal acetylenes is 1. The van der Waals surface area contributed by atoms with Gasteiger partial charge in [-0.15, -0.1) is 12.3 Å². The summed E-state index contributed by atoms with van der Waals surface area (Å²) in [6.45, 7) is 7.21. The minimum absolute atomic E-state index is 0.00317. The predicted octanol–water partition coefficient (Wildman–Crippen LogP) is 3.12. The van der Waals surface area contributed by atoms with Crippen molar-refractivity contribution >= 4 is 0 Å². The summed E-state index contributed by atoms with van der Waals surface area (Å²) in [7, 11) is 0. The predicted molar refractivity (Wildman–Crippen MR) is 71.9 cm³/mol. The molecule has 0 heterocycles. The topological polar surface area (TPSA) is 21.3 Å².